The topological polar surface area (TPSA) is 50.4 Å². The molecule has 14 heavy (non-hydrogen) atoms. The standard InChI is InChI=1S/C11H10O3/c1-7(12)10-6-8-4-2-3-5-9(8)11(13)14-10/h2-7,12H,1H3. The third kappa shape index (κ3) is 1.42. The molecule has 0 aliphatic heterocycles. The van der Waals surface area contributed by atoms with E-state index in [9.17, 15) is 9.90 Å². The van der Waals surface area contributed by atoms with Gasteiger partial charge in [-0.3, -0.25) is 0 Å². The van der Waals surface area contributed by atoms with E-state index in [1.54, 1.807) is 25.1 Å². The Labute approximate surface area is 80.6 Å². The van der Waals surface area contributed by atoms with E-state index < -0.39 is 11.7 Å². The fourth-order valence-corrected chi connectivity index (χ4v) is 1.36. The van der Waals surface area contributed by atoms with E-state index in [1.165, 1.54) is 0 Å². The molecule has 1 heterocycles. The summed E-state index contributed by atoms with van der Waals surface area (Å²) < 4.78 is 4.95. The molecule has 0 aliphatic rings. The van der Waals surface area contributed by atoms with Crippen LogP contribution in [0.5, 0.6) is 0 Å². The predicted octanol–water partition coefficient (Wildman–Crippen LogP) is 1.85. The molecule has 3 nitrogen and oxygen atoms in total. The van der Waals surface area contributed by atoms with Gasteiger partial charge in [-0.2, -0.15) is 0 Å². The Bertz CT molecular complexity index is 511. The van der Waals surface area contributed by atoms with Crippen LogP contribution >= 0.6 is 0 Å². The number of rotatable bonds is 1. The van der Waals surface area contributed by atoms with E-state index in [-0.39, 0.29) is 0 Å². The monoisotopic (exact) mass is 190 g/mol. The van der Waals surface area contributed by atoms with Crippen LogP contribution in [0.3, 0.4) is 0 Å². The molecule has 0 fully saturated rings. The summed E-state index contributed by atoms with van der Waals surface area (Å²) >= 11 is 0. The molecule has 2 aromatic rings. The molecule has 0 saturated carbocycles. The summed E-state index contributed by atoms with van der Waals surface area (Å²) in [5.74, 6) is 0.300. The Morgan fingerprint density at radius 3 is 2.79 bits per heavy atom. The smallest absolute Gasteiger partial charge is 0.343 e. The van der Waals surface area contributed by atoms with Gasteiger partial charge in [0.05, 0.1) is 5.39 Å². The largest absolute Gasteiger partial charge is 0.425 e. The lowest BCUT2D eigenvalue weighted by Gasteiger charge is -2.03. The molecule has 2 rings (SSSR count). The SMILES string of the molecule is CC(O)c1cc2ccccc2c(=O)o1. The first-order chi connectivity index (χ1) is 6.68. The van der Waals surface area contributed by atoms with Gasteiger partial charge < -0.3 is 9.52 Å². The van der Waals surface area contributed by atoms with Crippen LogP contribution in [-0.4, -0.2) is 5.11 Å². The molecule has 1 aromatic heterocycles. The molecule has 0 spiro atoms. The van der Waals surface area contributed by atoms with Crippen LogP contribution in [0.1, 0.15) is 18.8 Å². The number of hydrogen-bond donors (Lipinski definition) is 1. The Morgan fingerprint density at radius 2 is 2.07 bits per heavy atom. The van der Waals surface area contributed by atoms with Gasteiger partial charge in [0.15, 0.2) is 0 Å². The summed E-state index contributed by atoms with van der Waals surface area (Å²) in [5, 5.41) is 10.6. The van der Waals surface area contributed by atoms with Crippen LogP contribution in [0.2, 0.25) is 0 Å². The fraction of sp³-hybridized carbons (Fsp3) is 0.182. The summed E-state index contributed by atoms with van der Waals surface area (Å²) in [6.07, 6.45) is -0.757. The summed E-state index contributed by atoms with van der Waals surface area (Å²) in [6.45, 7) is 1.56. The van der Waals surface area contributed by atoms with Crippen molar-refractivity contribution >= 4 is 10.8 Å². The molecule has 0 radical (unpaired) electrons. The van der Waals surface area contributed by atoms with Gasteiger partial charge in [-0.25, -0.2) is 4.79 Å². The highest BCUT2D eigenvalue weighted by Crippen LogP contribution is 2.16. The molecule has 1 unspecified atom stereocenters. The molecular formula is C11H10O3. The molecule has 1 aromatic carbocycles. The Morgan fingerprint density at radius 1 is 1.36 bits per heavy atom. The summed E-state index contributed by atoms with van der Waals surface area (Å²) in [7, 11) is 0. The van der Waals surface area contributed by atoms with Crippen molar-refractivity contribution in [3.8, 4) is 0 Å². The Balaban J connectivity index is 2.79. The Kier molecular flexibility index (Phi) is 2.09. The maximum atomic E-state index is 11.4. The highest BCUT2D eigenvalue weighted by atomic mass is 16.4. The lowest BCUT2D eigenvalue weighted by molar-refractivity contribution is 0.165. The van der Waals surface area contributed by atoms with Crippen molar-refractivity contribution in [2.24, 2.45) is 0 Å². The van der Waals surface area contributed by atoms with E-state index in [4.69, 9.17) is 4.42 Å². The van der Waals surface area contributed by atoms with Gasteiger partial charge in [0.1, 0.15) is 11.9 Å². The zero-order valence-electron chi connectivity index (χ0n) is 7.73. The average Bonchev–Trinajstić information content (AvgIpc) is 2.17. The number of benzene rings is 1. The van der Waals surface area contributed by atoms with E-state index in [0.717, 1.165) is 5.39 Å². The number of hydrogen-bond acceptors (Lipinski definition) is 3. The van der Waals surface area contributed by atoms with Gasteiger partial charge in [-0.15, -0.1) is 0 Å². The zero-order valence-corrected chi connectivity index (χ0v) is 7.73. The molecular weight excluding hydrogens is 180 g/mol. The molecule has 0 amide bonds. The van der Waals surface area contributed by atoms with E-state index in [1.807, 2.05) is 12.1 Å². The van der Waals surface area contributed by atoms with Crippen molar-refractivity contribution in [2.75, 3.05) is 0 Å². The second-order valence-corrected chi connectivity index (χ2v) is 3.20. The number of aliphatic hydroxyl groups excluding tert-OH is 1. The predicted molar refractivity (Wildman–Crippen MR) is 53.1 cm³/mol. The molecule has 72 valence electrons. The van der Waals surface area contributed by atoms with Crippen molar-refractivity contribution in [3.05, 3.63) is 46.5 Å². The fourth-order valence-electron chi connectivity index (χ4n) is 1.36. The van der Waals surface area contributed by atoms with Crippen LogP contribution in [0.15, 0.2) is 39.5 Å². The van der Waals surface area contributed by atoms with Crippen molar-refractivity contribution in [1.82, 2.24) is 0 Å². The van der Waals surface area contributed by atoms with Gasteiger partial charge in [0.25, 0.3) is 0 Å². The van der Waals surface area contributed by atoms with Crippen molar-refractivity contribution in [2.45, 2.75) is 13.0 Å². The van der Waals surface area contributed by atoms with Crippen LogP contribution in [0.25, 0.3) is 10.8 Å². The lowest BCUT2D eigenvalue weighted by Crippen LogP contribution is -2.03. The molecule has 0 aliphatic carbocycles. The number of fused-ring (bicyclic) bond motifs is 1. The molecule has 0 bridgehead atoms. The van der Waals surface area contributed by atoms with Gasteiger partial charge in [-0.1, -0.05) is 18.2 Å². The summed E-state index contributed by atoms with van der Waals surface area (Å²) in [4.78, 5) is 11.4. The van der Waals surface area contributed by atoms with Gasteiger partial charge >= 0.3 is 5.63 Å². The van der Waals surface area contributed by atoms with Gasteiger partial charge in [0.2, 0.25) is 0 Å². The van der Waals surface area contributed by atoms with E-state index in [2.05, 4.69) is 0 Å². The minimum absolute atomic E-state index is 0.300. The molecule has 3 heteroatoms. The minimum Gasteiger partial charge on any atom is -0.425 e. The maximum absolute atomic E-state index is 11.4. The quantitative estimate of drug-likeness (QED) is 0.746. The molecule has 1 atom stereocenters. The van der Waals surface area contributed by atoms with Crippen LogP contribution < -0.4 is 5.63 Å². The summed E-state index contributed by atoms with van der Waals surface area (Å²) in [6, 6.07) is 8.82. The van der Waals surface area contributed by atoms with Crippen molar-refractivity contribution in [3.63, 3.8) is 0 Å². The lowest BCUT2D eigenvalue weighted by atomic mass is 10.1. The minimum atomic E-state index is -0.757. The van der Waals surface area contributed by atoms with Crippen molar-refractivity contribution < 1.29 is 9.52 Å². The average molecular weight is 190 g/mol. The van der Waals surface area contributed by atoms with Gasteiger partial charge in [-0.05, 0) is 24.4 Å². The normalized spacial score (nSPS) is 13.0. The number of aliphatic hydroxyl groups is 1. The molecule has 0 saturated heterocycles. The molecule has 1 N–H and O–H groups in total. The van der Waals surface area contributed by atoms with E-state index in [0.29, 0.717) is 11.1 Å². The van der Waals surface area contributed by atoms with E-state index >= 15 is 0 Å². The first kappa shape index (κ1) is 8.97. The van der Waals surface area contributed by atoms with Gasteiger partial charge in [0, 0.05) is 0 Å². The second-order valence-electron chi connectivity index (χ2n) is 3.20. The van der Waals surface area contributed by atoms with Crippen LogP contribution in [0.4, 0.5) is 0 Å². The third-order valence-electron chi connectivity index (χ3n) is 2.10. The first-order valence-electron chi connectivity index (χ1n) is 4.39. The Hall–Kier alpha value is -1.61. The van der Waals surface area contributed by atoms with Crippen molar-refractivity contribution in [1.29, 1.82) is 0 Å². The highest BCUT2D eigenvalue weighted by Gasteiger charge is 2.07. The first-order valence-corrected chi connectivity index (χ1v) is 4.39. The zero-order chi connectivity index (χ0) is 10.1. The maximum Gasteiger partial charge on any atom is 0.343 e. The summed E-state index contributed by atoms with van der Waals surface area (Å²) in [5.41, 5.74) is -0.404. The van der Waals surface area contributed by atoms with Crippen LogP contribution in [0, 0.1) is 0 Å². The third-order valence-corrected chi connectivity index (χ3v) is 2.10. The van der Waals surface area contributed by atoms with Crippen LogP contribution in [-0.2, 0) is 0 Å². The highest BCUT2D eigenvalue weighted by molar-refractivity contribution is 5.81. The second kappa shape index (κ2) is 3.27.